The van der Waals surface area contributed by atoms with Gasteiger partial charge < -0.3 is 15.6 Å². The van der Waals surface area contributed by atoms with Crippen LogP contribution in [-0.4, -0.2) is 21.0 Å². The molecule has 1 saturated carbocycles. The van der Waals surface area contributed by atoms with Crippen molar-refractivity contribution >= 4 is 30.7 Å². The van der Waals surface area contributed by atoms with E-state index in [9.17, 15) is 4.79 Å². The Bertz CT molecular complexity index is 655. The second-order valence-electron chi connectivity index (χ2n) is 6.40. The number of hydrogen-bond acceptors (Lipinski definition) is 3. The number of aromatic nitrogens is 2. The second kappa shape index (κ2) is 9.80. The normalized spacial score (nSPS) is 15.6. The van der Waals surface area contributed by atoms with Crippen molar-refractivity contribution in [3.63, 3.8) is 0 Å². The van der Waals surface area contributed by atoms with E-state index in [1.165, 1.54) is 12.0 Å². The first-order valence-electron chi connectivity index (χ1n) is 8.27. The molecule has 1 aliphatic carbocycles. The monoisotopic (exact) mass is 384 g/mol. The van der Waals surface area contributed by atoms with Gasteiger partial charge in [0.2, 0.25) is 5.91 Å². The average Bonchev–Trinajstić information content (AvgIpc) is 3.07. The summed E-state index contributed by atoms with van der Waals surface area (Å²) in [4.78, 5) is 16.5. The summed E-state index contributed by atoms with van der Waals surface area (Å²) in [5.74, 6) is -0.0189. The summed E-state index contributed by atoms with van der Waals surface area (Å²) >= 11 is 0. The molecular formula is C18H26Cl2N4O. The molecule has 1 aromatic carbocycles. The van der Waals surface area contributed by atoms with E-state index in [0.717, 1.165) is 37.8 Å². The third kappa shape index (κ3) is 5.46. The van der Waals surface area contributed by atoms with Crippen molar-refractivity contribution in [2.24, 2.45) is 5.73 Å². The Morgan fingerprint density at radius 1 is 1.16 bits per heavy atom. The van der Waals surface area contributed by atoms with Gasteiger partial charge in [0.1, 0.15) is 0 Å². The van der Waals surface area contributed by atoms with Gasteiger partial charge in [-0.1, -0.05) is 43.5 Å². The van der Waals surface area contributed by atoms with Gasteiger partial charge in [0.05, 0.1) is 11.9 Å². The molecule has 1 aliphatic rings. The fraction of sp³-hybridized carbons (Fsp3) is 0.444. The molecule has 0 aliphatic heterocycles. The highest BCUT2D eigenvalue weighted by atomic mass is 35.5. The smallest absolute Gasteiger partial charge is 0.240 e. The van der Waals surface area contributed by atoms with E-state index in [-0.39, 0.29) is 30.7 Å². The van der Waals surface area contributed by atoms with Crippen molar-refractivity contribution in [3.8, 4) is 0 Å². The molecule has 0 atom stereocenters. The predicted octanol–water partition coefficient (Wildman–Crippen LogP) is 3.05. The van der Waals surface area contributed by atoms with Crippen LogP contribution in [0.3, 0.4) is 0 Å². The van der Waals surface area contributed by atoms with Gasteiger partial charge in [-0.25, -0.2) is 4.98 Å². The molecule has 0 spiro atoms. The SMILES string of the molecule is Cl.Cl.NC1(C(=O)NCc2ccccc2Cn2ccnc2)CCCCC1. The Balaban J connectivity index is 0.00000156. The lowest BCUT2D eigenvalue weighted by Crippen LogP contribution is -2.54. The first kappa shape index (κ1) is 21.5. The molecule has 1 fully saturated rings. The standard InChI is InChI=1S/C18H24N4O.2ClH/c19-18(8-4-1-5-9-18)17(23)21-12-15-6-2-3-7-16(15)13-22-11-10-20-14-22;;/h2-3,6-7,10-11,14H,1,4-5,8-9,12-13,19H2,(H,21,23);2*1H. The van der Waals surface area contributed by atoms with Gasteiger partial charge in [-0.15, -0.1) is 24.8 Å². The van der Waals surface area contributed by atoms with Gasteiger partial charge in [0, 0.05) is 25.5 Å². The van der Waals surface area contributed by atoms with Crippen molar-refractivity contribution in [2.45, 2.75) is 50.7 Å². The average molecular weight is 385 g/mol. The second-order valence-corrected chi connectivity index (χ2v) is 6.40. The topological polar surface area (TPSA) is 72.9 Å². The molecule has 0 radical (unpaired) electrons. The summed E-state index contributed by atoms with van der Waals surface area (Å²) < 4.78 is 2.02. The number of carbonyl (C=O) groups excluding carboxylic acids is 1. The third-order valence-corrected chi connectivity index (χ3v) is 4.67. The number of nitrogens with one attached hydrogen (secondary N) is 1. The molecule has 3 rings (SSSR count). The largest absolute Gasteiger partial charge is 0.350 e. The molecule has 1 amide bonds. The highest BCUT2D eigenvalue weighted by molar-refractivity contribution is 5.86. The predicted molar refractivity (Wildman–Crippen MR) is 104 cm³/mol. The maximum Gasteiger partial charge on any atom is 0.240 e. The molecule has 25 heavy (non-hydrogen) atoms. The van der Waals surface area contributed by atoms with Crippen LogP contribution in [0, 0.1) is 0 Å². The fourth-order valence-electron chi connectivity index (χ4n) is 3.22. The lowest BCUT2D eigenvalue weighted by molar-refractivity contribution is -0.127. The molecule has 3 N–H and O–H groups in total. The van der Waals surface area contributed by atoms with Gasteiger partial charge in [-0.3, -0.25) is 4.79 Å². The van der Waals surface area contributed by atoms with Crippen LogP contribution < -0.4 is 11.1 Å². The third-order valence-electron chi connectivity index (χ3n) is 4.67. The highest BCUT2D eigenvalue weighted by Gasteiger charge is 2.34. The first-order valence-corrected chi connectivity index (χ1v) is 8.27. The summed E-state index contributed by atoms with van der Waals surface area (Å²) in [6.07, 6.45) is 10.3. The molecule has 5 nitrogen and oxygen atoms in total. The zero-order valence-electron chi connectivity index (χ0n) is 14.2. The number of nitrogens with zero attached hydrogens (tertiary/aromatic N) is 2. The molecule has 0 unspecified atom stereocenters. The van der Waals surface area contributed by atoms with Gasteiger partial charge in [-0.05, 0) is 24.0 Å². The summed E-state index contributed by atoms with van der Waals surface area (Å²) in [6, 6.07) is 8.15. The Morgan fingerprint density at radius 3 is 2.48 bits per heavy atom. The van der Waals surface area contributed by atoms with Crippen LogP contribution in [-0.2, 0) is 17.9 Å². The number of halogens is 2. The fourth-order valence-corrected chi connectivity index (χ4v) is 3.22. The minimum absolute atomic E-state index is 0. The first-order chi connectivity index (χ1) is 11.2. The van der Waals surface area contributed by atoms with Gasteiger partial charge in [-0.2, -0.15) is 0 Å². The van der Waals surface area contributed by atoms with Gasteiger partial charge in [0.15, 0.2) is 0 Å². The van der Waals surface area contributed by atoms with Crippen molar-refractivity contribution in [1.82, 2.24) is 14.9 Å². The van der Waals surface area contributed by atoms with E-state index in [0.29, 0.717) is 6.54 Å². The van der Waals surface area contributed by atoms with E-state index in [1.54, 1.807) is 12.5 Å². The summed E-state index contributed by atoms with van der Waals surface area (Å²) in [7, 11) is 0. The number of amides is 1. The van der Waals surface area contributed by atoms with Crippen LogP contribution in [0.25, 0.3) is 0 Å². The molecule has 2 aromatic rings. The van der Waals surface area contributed by atoms with E-state index in [4.69, 9.17) is 5.73 Å². The molecule has 7 heteroatoms. The van der Waals surface area contributed by atoms with Crippen LogP contribution in [0.1, 0.15) is 43.2 Å². The number of hydrogen-bond donors (Lipinski definition) is 2. The van der Waals surface area contributed by atoms with Crippen molar-refractivity contribution in [1.29, 1.82) is 0 Å². The van der Waals surface area contributed by atoms with Crippen molar-refractivity contribution in [3.05, 3.63) is 54.1 Å². The quantitative estimate of drug-likeness (QED) is 0.831. The number of carbonyl (C=O) groups is 1. The van der Waals surface area contributed by atoms with E-state index < -0.39 is 5.54 Å². The molecule has 0 saturated heterocycles. The number of rotatable bonds is 5. The van der Waals surface area contributed by atoms with Crippen molar-refractivity contribution < 1.29 is 4.79 Å². The molecule has 0 bridgehead atoms. The lowest BCUT2D eigenvalue weighted by atomic mass is 9.82. The Hall–Kier alpha value is -1.56. The zero-order valence-corrected chi connectivity index (χ0v) is 15.8. The Morgan fingerprint density at radius 2 is 1.84 bits per heavy atom. The minimum Gasteiger partial charge on any atom is -0.350 e. The van der Waals surface area contributed by atoms with Gasteiger partial charge >= 0.3 is 0 Å². The number of imidazole rings is 1. The molecule has 138 valence electrons. The summed E-state index contributed by atoms with van der Waals surface area (Å²) in [5, 5.41) is 3.04. The van der Waals surface area contributed by atoms with Crippen LogP contribution in [0.15, 0.2) is 43.0 Å². The summed E-state index contributed by atoms with van der Waals surface area (Å²) in [5.41, 5.74) is 7.91. The molecular weight excluding hydrogens is 359 g/mol. The Labute approximate surface area is 161 Å². The number of nitrogens with two attached hydrogens (primary N) is 1. The van der Waals surface area contributed by atoms with Crippen LogP contribution in [0.2, 0.25) is 0 Å². The maximum atomic E-state index is 12.5. The van der Waals surface area contributed by atoms with Crippen LogP contribution in [0.5, 0.6) is 0 Å². The van der Waals surface area contributed by atoms with Crippen LogP contribution in [0.4, 0.5) is 0 Å². The van der Waals surface area contributed by atoms with E-state index >= 15 is 0 Å². The van der Waals surface area contributed by atoms with Crippen LogP contribution >= 0.6 is 24.8 Å². The highest BCUT2D eigenvalue weighted by Crippen LogP contribution is 2.26. The summed E-state index contributed by atoms with van der Waals surface area (Å²) in [6.45, 7) is 1.27. The lowest BCUT2D eigenvalue weighted by Gasteiger charge is -2.31. The maximum absolute atomic E-state index is 12.5. The van der Waals surface area contributed by atoms with E-state index in [1.807, 2.05) is 22.9 Å². The molecule has 1 heterocycles. The van der Waals surface area contributed by atoms with Gasteiger partial charge in [0.25, 0.3) is 0 Å². The van der Waals surface area contributed by atoms with Crippen molar-refractivity contribution in [2.75, 3.05) is 0 Å². The minimum atomic E-state index is -0.683. The Kier molecular flexibility index (Phi) is 8.42. The number of benzene rings is 1. The van der Waals surface area contributed by atoms with E-state index in [2.05, 4.69) is 22.4 Å². The zero-order chi connectivity index (χ0) is 16.1. The molecule has 1 aromatic heterocycles.